The molecule has 1 aromatic heterocycles. The van der Waals surface area contributed by atoms with Crippen LogP contribution in [0.1, 0.15) is 23.7 Å². The van der Waals surface area contributed by atoms with Crippen molar-refractivity contribution < 1.29 is 0 Å². The van der Waals surface area contributed by atoms with E-state index in [0.717, 1.165) is 29.3 Å². The van der Waals surface area contributed by atoms with Crippen molar-refractivity contribution in [1.82, 2.24) is 9.78 Å². The third-order valence-electron chi connectivity index (χ3n) is 3.13. The second kappa shape index (κ2) is 4.72. The molecule has 4 heteroatoms. The van der Waals surface area contributed by atoms with E-state index >= 15 is 0 Å². The number of nitrogens with zero attached hydrogens (tertiary/aromatic N) is 2. The molecule has 0 fully saturated rings. The number of anilines is 3. The molecule has 2 aromatic rings. The third-order valence-corrected chi connectivity index (χ3v) is 3.13. The fourth-order valence-electron chi connectivity index (χ4n) is 2.09. The van der Waals surface area contributed by atoms with Crippen LogP contribution in [0.4, 0.5) is 17.2 Å². The molecule has 96 valence electrons. The summed E-state index contributed by atoms with van der Waals surface area (Å²) in [4.78, 5) is 0. The van der Waals surface area contributed by atoms with Gasteiger partial charge in [0.1, 0.15) is 0 Å². The molecule has 0 bridgehead atoms. The highest BCUT2D eigenvalue weighted by Gasteiger charge is 2.12. The zero-order valence-electron chi connectivity index (χ0n) is 11.4. The largest absolute Gasteiger partial charge is 0.394 e. The van der Waals surface area contributed by atoms with Crippen molar-refractivity contribution in [2.75, 3.05) is 11.1 Å². The number of aromatic nitrogens is 2. The zero-order valence-corrected chi connectivity index (χ0v) is 11.4. The standard InChI is InChI=1S/C14H20N4/c1-5-11-13(15)14(18(4)17-11)16-12-7-6-9(2)8-10(12)3/h6-8,16H,5,15H2,1-4H3. The summed E-state index contributed by atoms with van der Waals surface area (Å²) in [5.41, 5.74) is 11.3. The Balaban J connectivity index is 2.37. The van der Waals surface area contributed by atoms with Crippen molar-refractivity contribution >= 4 is 17.2 Å². The Labute approximate surface area is 108 Å². The highest BCUT2D eigenvalue weighted by atomic mass is 15.3. The summed E-state index contributed by atoms with van der Waals surface area (Å²) < 4.78 is 1.80. The normalized spacial score (nSPS) is 10.7. The van der Waals surface area contributed by atoms with Crippen molar-refractivity contribution in [2.24, 2.45) is 7.05 Å². The number of nitrogens with one attached hydrogen (secondary N) is 1. The Morgan fingerprint density at radius 2 is 2.06 bits per heavy atom. The minimum absolute atomic E-state index is 0.736. The molecule has 0 unspecified atom stereocenters. The van der Waals surface area contributed by atoms with E-state index in [9.17, 15) is 0 Å². The van der Waals surface area contributed by atoms with Crippen LogP contribution in [-0.2, 0) is 13.5 Å². The molecule has 0 aliphatic heterocycles. The molecule has 0 radical (unpaired) electrons. The van der Waals surface area contributed by atoms with Gasteiger partial charge in [0.05, 0.1) is 11.4 Å². The third kappa shape index (κ3) is 2.18. The lowest BCUT2D eigenvalue weighted by molar-refractivity contribution is 0.753. The van der Waals surface area contributed by atoms with Gasteiger partial charge < -0.3 is 11.1 Å². The molecule has 2 rings (SSSR count). The molecule has 0 amide bonds. The van der Waals surface area contributed by atoms with Gasteiger partial charge in [-0.1, -0.05) is 24.6 Å². The van der Waals surface area contributed by atoms with E-state index in [-0.39, 0.29) is 0 Å². The highest BCUT2D eigenvalue weighted by Crippen LogP contribution is 2.27. The molecule has 1 heterocycles. The molecule has 0 saturated carbocycles. The predicted molar refractivity (Wildman–Crippen MR) is 76.2 cm³/mol. The Hall–Kier alpha value is -1.97. The minimum atomic E-state index is 0.736. The van der Waals surface area contributed by atoms with Gasteiger partial charge in [0.2, 0.25) is 0 Å². The SMILES string of the molecule is CCc1nn(C)c(Nc2ccc(C)cc2C)c1N. The van der Waals surface area contributed by atoms with Crippen molar-refractivity contribution in [3.63, 3.8) is 0 Å². The summed E-state index contributed by atoms with van der Waals surface area (Å²) in [5, 5.41) is 7.77. The van der Waals surface area contributed by atoms with E-state index < -0.39 is 0 Å². The molecule has 3 N–H and O–H groups in total. The number of benzene rings is 1. The average molecular weight is 244 g/mol. The van der Waals surface area contributed by atoms with Gasteiger partial charge in [0.15, 0.2) is 5.82 Å². The fraction of sp³-hybridized carbons (Fsp3) is 0.357. The Morgan fingerprint density at radius 3 is 2.61 bits per heavy atom. The van der Waals surface area contributed by atoms with Gasteiger partial charge in [-0.15, -0.1) is 0 Å². The number of nitrogens with two attached hydrogens (primary N) is 1. The molecule has 4 nitrogen and oxygen atoms in total. The van der Waals surface area contributed by atoms with Gasteiger partial charge in [0, 0.05) is 12.7 Å². The summed E-state index contributed by atoms with van der Waals surface area (Å²) in [7, 11) is 1.90. The Morgan fingerprint density at radius 1 is 1.33 bits per heavy atom. The number of aryl methyl sites for hydroxylation is 4. The maximum Gasteiger partial charge on any atom is 0.152 e. The Bertz CT molecular complexity index is 569. The van der Waals surface area contributed by atoms with Gasteiger partial charge in [-0.2, -0.15) is 5.10 Å². The average Bonchev–Trinajstić information content (AvgIpc) is 2.59. The van der Waals surface area contributed by atoms with Gasteiger partial charge >= 0.3 is 0 Å². The maximum absolute atomic E-state index is 6.10. The summed E-state index contributed by atoms with van der Waals surface area (Å²) in [6.45, 7) is 6.23. The van der Waals surface area contributed by atoms with Gasteiger partial charge in [-0.3, -0.25) is 4.68 Å². The molecule has 0 aliphatic rings. The number of hydrogen-bond acceptors (Lipinski definition) is 3. The Kier molecular flexibility index (Phi) is 3.28. The molecule has 1 aromatic carbocycles. The molecular weight excluding hydrogens is 224 g/mol. The van der Waals surface area contributed by atoms with E-state index in [0.29, 0.717) is 0 Å². The van der Waals surface area contributed by atoms with Crippen molar-refractivity contribution in [1.29, 1.82) is 0 Å². The lowest BCUT2D eigenvalue weighted by atomic mass is 10.1. The first-order chi connectivity index (χ1) is 8.52. The molecule has 0 aliphatic carbocycles. The van der Waals surface area contributed by atoms with E-state index in [1.165, 1.54) is 11.1 Å². The van der Waals surface area contributed by atoms with E-state index in [2.05, 4.69) is 49.4 Å². The first-order valence-electron chi connectivity index (χ1n) is 6.18. The zero-order chi connectivity index (χ0) is 13.3. The van der Waals surface area contributed by atoms with Crippen LogP contribution in [0.3, 0.4) is 0 Å². The van der Waals surface area contributed by atoms with Crippen molar-refractivity contribution in [2.45, 2.75) is 27.2 Å². The van der Waals surface area contributed by atoms with Crippen LogP contribution in [-0.4, -0.2) is 9.78 Å². The quantitative estimate of drug-likeness (QED) is 0.872. The highest BCUT2D eigenvalue weighted by molar-refractivity contribution is 5.72. The predicted octanol–water partition coefficient (Wildman–Crippen LogP) is 2.93. The number of rotatable bonds is 3. The second-order valence-corrected chi connectivity index (χ2v) is 4.63. The first kappa shape index (κ1) is 12.5. The fourth-order valence-corrected chi connectivity index (χ4v) is 2.09. The maximum atomic E-state index is 6.10. The van der Waals surface area contributed by atoms with Crippen LogP contribution in [0.25, 0.3) is 0 Å². The van der Waals surface area contributed by atoms with Crippen LogP contribution in [0.15, 0.2) is 18.2 Å². The summed E-state index contributed by atoms with van der Waals surface area (Å²) in [5.74, 6) is 0.860. The minimum Gasteiger partial charge on any atom is -0.394 e. The number of nitrogen functional groups attached to an aromatic ring is 1. The monoisotopic (exact) mass is 244 g/mol. The second-order valence-electron chi connectivity index (χ2n) is 4.63. The molecule has 0 atom stereocenters. The van der Waals surface area contributed by atoms with Gasteiger partial charge in [-0.25, -0.2) is 0 Å². The van der Waals surface area contributed by atoms with Crippen molar-refractivity contribution in [3.8, 4) is 0 Å². The summed E-state index contributed by atoms with van der Waals surface area (Å²) >= 11 is 0. The molecule has 0 spiro atoms. The number of hydrogen-bond donors (Lipinski definition) is 2. The lowest BCUT2D eigenvalue weighted by Gasteiger charge is -2.11. The van der Waals surface area contributed by atoms with Crippen molar-refractivity contribution in [3.05, 3.63) is 35.0 Å². The molecular formula is C14H20N4. The van der Waals surface area contributed by atoms with E-state index in [1.807, 2.05) is 7.05 Å². The summed E-state index contributed by atoms with van der Waals surface area (Å²) in [6, 6.07) is 6.31. The van der Waals surface area contributed by atoms with Crippen LogP contribution in [0.2, 0.25) is 0 Å². The summed E-state index contributed by atoms with van der Waals surface area (Å²) in [6.07, 6.45) is 0.842. The van der Waals surface area contributed by atoms with Crippen LogP contribution >= 0.6 is 0 Å². The molecule has 0 saturated heterocycles. The van der Waals surface area contributed by atoms with Crippen LogP contribution in [0, 0.1) is 13.8 Å². The smallest absolute Gasteiger partial charge is 0.152 e. The van der Waals surface area contributed by atoms with E-state index in [1.54, 1.807) is 4.68 Å². The van der Waals surface area contributed by atoms with Gasteiger partial charge in [-0.05, 0) is 31.9 Å². The van der Waals surface area contributed by atoms with Crippen LogP contribution < -0.4 is 11.1 Å². The first-order valence-corrected chi connectivity index (χ1v) is 6.18. The lowest BCUT2D eigenvalue weighted by Crippen LogP contribution is -2.02. The van der Waals surface area contributed by atoms with Crippen LogP contribution in [0.5, 0.6) is 0 Å². The topological polar surface area (TPSA) is 55.9 Å². The molecule has 18 heavy (non-hydrogen) atoms. The van der Waals surface area contributed by atoms with Gasteiger partial charge in [0.25, 0.3) is 0 Å². The van der Waals surface area contributed by atoms with E-state index in [4.69, 9.17) is 5.73 Å².